The topological polar surface area (TPSA) is 38.3 Å². The Hall–Kier alpha value is -1.23. The number of ether oxygens (including phenoxy) is 1. The Kier molecular flexibility index (Phi) is 7.33. The van der Waals surface area contributed by atoms with E-state index >= 15 is 0 Å². The average Bonchev–Trinajstić information content (AvgIpc) is 2.40. The fourth-order valence-electron chi connectivity index (χ4n) is 1.60. The molecule has 1 aromatic carbocycles. The second-order valence-electron chi connectivity index (χ2n) is 3.91. The Morgan fingerprint density at radius 1 is 1.42 bits per heavy atom. The number of anilines is 1. The number of rotatable bonds is 8. The minimum atomic E-state index is -0.504. The van der Waals surface area contributed by atoms with E-state index in [1.807, 2.05) is 0 Å². The quantitative estimate of drug-likeness (QED) is 0.587. The Morgan fingerprint density at radius 3 is 2.79 bits per heavy atom. The number of hydrogen-bond donors (Lipinski definition) is 1. The fraction of sp³-hybridized carbons (Fsp3) is 0.500. The lowest BCUT2D eigenvalue weighted by molar-refractivity contribution is -0.144. The van der Waals surface area contributed by atoms with Crippen LogP contribution in [0.5, 0.6) is 0 Å². The standard InChI is InChI=1S/C14H20FNO2S/c1-3-18-14(17)13(9-10-19-4-2)16-12-8-6-5-7-11(12)15/h5-8,13,16H,3-4,9-10H2,1-2H3. The van der Waals surface area contributed by atoms with E-state index < -0.39 is 6.04 Å². The number of para-hydroxylation sites is 1. The average molecular weight is 285 g/mol. The molecule has 0 aliphatic heterocycles. The van der Waals surface area contributed by atoms with Crippen molar-refractivity contribution in [3.63, 3.8) is 0 Å². The van der Waals surface area contributed by atoms with Crippen molar-refractivity contribution in [1.82, 2.24) is 0 Å². The highest BCUT2D eigenvalue weighted by Gasteiger charge is 2.20. The zero-order chi connectivity index (χ0) is 14.1. The van der Waals surface area contributed by atoms with Crippen molar-refractivity contribution in [2.24, 2.45) is 0 Å². The van der Waals surface area contributed by atoms with E-state index in [-0.39, 0.29) is 11.8 Å². The number of hydrogen-bond acceptors (Lipinski definition) is 4. The maximum Gasteiger partial charge on any atom is 0.328 e. The summed E-state index contributed by atoms with van der Waals surface area (Å²) in [5.41, 5.74) is 0.335. The summed E-state index contributed by atoms with van der Waals surface area (Å²) in [7, 11) is 0. The first-order valence-electron chi connectivity index (χ1n) is 6.44. The highest BCUT2D eigenvalue weighted by molar-refractivity contribution is 7.99. The van der Waals surface area contributed by atoms with Gasteiger partial charge in [0.05, 0.1) is 12.3 Å². The van der Waals surface area contributed by atoms with E-state index in [1.54, 1.807) is 36.9 Å². The van der Waals surface area contributed by atoms with Crippen molar-refractivity contribution >= 4 is 23.4 Å². The van der Waals surface area contributed by atoms with E-state index in [2.05, 4.69) is 12.2 Å². The molecule has 0 bridgehead atoms. The van der Waals surface area contributed by atoms with Crippen LogP contribution in [-0.2, 0) is 9.53 Å². The monoisotopic (exact) mass is 285 g/mol. The van der Waals surface area contributed by atoms with Crippen LogP contribution >= 0.6 is 11.8 Å². The van der Waals surface area contributed by atoms with Crippen LogP contribution in [0.25, 0.3) is 0 Å². The van der Waals surface area contributed by atoms with Crippen LogP contribution in [0.3, 0.4) is 0 Å². The Bertz CT molecular complexity index is 401. The smallest absolute Gasteiger partial charge is 0.328 e. The molecule has 0 saturated heterocycles. The van der Waals surface area contributed by atoms with Crippen LogP contribution < -0.4 is 5.32 Å². The van der Waals surface area contributed by atoms with Crippen LogP contribution in [0.4, 0.5) is 10.1 Å². The summed E-state index contributed by atoms with van der Waals surface area (Å²) in [6.45, 7) is 4.16. The normalized spacial score (nSPS) is 11.9. The van der Waals surface area contributed by atoms with Gasteiger partial charge >= 0.3 is 5.97 Å². The molecule has 106 valence electrons. The number of thioether (sulfide) groups is 1. The van der Waals surface area contributed by atoms with Crippen molar-refractivity contribution in [1.29, 1.82) is 0 Å². The SMILES string of the molecule is CCOC(=O)C(CCSCC)Nc1ccccc1F. The number of benzene rings is 1. The molecule has 0 heterocycles. The number of carbonyl (C=O) groups is 1. The third-order valence-electron chi connectivity index (χ3n) is 2.53. The molecule has 0 amide bonds. The maximum absolute atomic E-state index is 13.6. The molecule has 0 aromatic heterocycles. The van der Waals surface area contributed by atoms with Crippen molar-refractivity contribution in [2.45, 2.75) is 26.3 Å². The van der Waals surface area contributed by atoms with E-state index in [0.717, 1.165) is 11.5 Å². The Morgan fingerprint density at radius 2 is 2.16 bits per heavy atom. The first-order chi connectivity index (χ1) is 9.19. The third-order valence-corrected chi connectivity index (χ3v) is 3.46. The summed E-state index contributed by atoms with van der Waals surface area (Å²) in [5.74, 6) is 1.14. The molecular weight excluding hydrogens is 265 g/mol. The molecule has 0 radical (unpaired) electrons. The summed E-state index contributed by atoms with van der Waals surface area (Å²) >= 11 is 1.75. The molecular formula is C14H20FNO2S. The molecule has 0 aliphatic carbocycles. The summed E-state index contributed by atoms with van der Waals surface area (Å²) in [4.78, 5) is 11.8. The Labute approximate surface area is 117 Å². The van der Waals surface area contributed by atoms with Crippen molar-refractivity contribution in [3.8, 4) is 0 Å². The molecule has 5 heteroatoms. The predicted molar refractivity (Wildman–Crippen MR) is 78.1 cm³/mol. The lowest BCUT2D eigenvalue weighted by Gasteiger charge is -2.18. The molecule has 1 aromatic rings. The summed E-state index contributed by atoms with van der Waals surface area (Å²) in [6, 6.07) is 5.83. The van der Waals surface area contributed by atoms with Crippen LogP contribution in [0.1, 0.15) is 20.3 Å². The van der Waals surface area contributed by atoms with Crippen molar-refractivity contribution in [3.05, 3.63) is 30.1 Å². The second kappa shape index (κ2) is 8.80. The van der Waals surface area contributed by atoms with Gasteiger partial charge in [0.15, 0.2) is 0 Å². The highest BCUT2D eigenvalue weighted by atomic mass is 32.2. The van der Waals surface area contributed by atoms with E-state index in [0.29, 0.717) is 18.7 Å². The largest absolute Gasteiger partial charge is 0.464 e. The van der Waals surface area contributed by atoms with Crippen LogP contribution in [-0.4, -0.2) is 30.1 Å². The van der Waals surface area contributed by atoms with Crippen molar-refractivity contribution < 1.29 is 13.9 Å². The molecule has 1 atom stereocenters. The first-order valence-corrected chi connectivity index (χ1v) is 7.60. The number of esters is 1. The van der Waals surface area contributed by atoms with Crippen LogP contribution in [0.2, 0.25) is 0 Å². The molecule has 3 nitrogen and oxygen atoms in total. The first kappa shape index (κ1) is 15.8. The van der Waals surface area contributed by atoms with Gasteiger partial charge in [-0.15, -0.1) is 0 Å². The number of carbonyl (C=O) groups excluding carboxylic acids is 1. The lowest BCUT2D eigenvalue weighted by Crippen LogP contribution is -2.32. The van der Waals surface area contributed by atoms with Crippen LogP contribution in [0.15, 0.2) is 24.3 Å². The predicted octanol–water partition coefficient (Wildman–Crippen LogP) is 3.31. The third kappa shape index (κ3) is 5.51. The number of halogens is 1. The van der Waals surface area contributed by atoms with Gasteiger partial charge in [0.2, 0.25) is 0 Å². The van der Waals surface area contributed by atoms with E-state index in [1.165, 1.54) is 6.07 Å². The van der Waals surface area contributed by atoms with Gasteiger partial charge in [0, 0.05) is 0 Å². The Balaban J connectivity index is 2.67. The minimum Gasteiger partial charge on any atom is -0.464 e. The molecule has 19 heavy (non-hydrogen) atoms. The van der Waals surface area contributed by atoms with Gasteiger partial charge in [-0.25, -0.2) is 9.18 Å². The maximum atomic E-state index is 13.6. The lowest BCUT2D eigenvalue weighted by atomic mass is 10.2. The number of nitrogens with one attached hydrogen (secondary N) is 1. The van der Waals surface area contributed by atoms with E-state index in [4.69, 9.17) is 4.74 Å². The van der Waals surface area contributed by atoms with E-state index in [9.17, 15) is 9.18 Å². The van der Waals surface area contributed by atoms with Gasteiger partial charge in [-0.2, -0.15) is 11.8 Å². The fourth-order valence-corrected chi connectivity index (χ4v) is 2.29. The van der Waals surface area contributed by atoms with Gasteiger partial charge < -0.3 is 10.1 Å². The highest BCUT2D eigenvalue weighted by Crippen LogP contribution is 2.16. The molecule has 0 fully saturated rings. The molecule has 1 rings (SSSR count). The van der Waals surface area contributed by atoms with Crippen molar-refractivity contribution in [2.75, 3.05) is 23.4 Å². The minimum absolute atomic E-state index is 0.329. The van der Waals surface area contributed by atoms with Crippen LogP contribution in [0, 0.1) is 5.82 Å². The molecule has 1 unspecified atom stereocenters. The zero-order valence-electron chi connectivity index (χ0n) is 11.3. The van der Waals surface area contributed by atoms with Gasteiger partial charge in [0.25, 0.3) is 0 Å². The second-order valence-corrected chi connectivity index (χ2v) is 5.31. The molecule has 0 saturated carbocycles. The molecule has 0 spiro atoms. The van der Waals surface area contributed by atoms with Gasteiger partial charge in [-0.05, 0) is 37.0 Å². The summed E-state index contributed by atoms with van der Waals surface area (Å²) in [5, 5.41) is 2.93. The van der Waals surface area contributed by atoms with Gasteiger partial charge in [-0.1, -0.05) is 19.1 Å². The summed E-state index contributed by atoms with van der Waals surface area (Å²) < 4.78 is 18.6. The molecule has 0 aliphatic rings. The summed E-state index contributed by atoms with van der Waals surface area (Å²) in [6.07, 6.45) is 0.617. The van der Waals surface area contributed by atoms with Gasteiger partial charge in [-0.3, -0.25) is 0 Å². The van der Waals surface area contributed by atoms with Gasteiger partial charge in [0.1, 0.15) is 11.9 Å². The molecule has 1 N–H and O–H groups in total. The zero-order valence-corrected chi connectivity index (χ0v) is 12.1.